The molecule has 2 nitrogen and oxygen atoms in total. The van der Waals surface area contributed by atoms with E-state index < -0.39 is 0 Å². The quantitative estimate of drug-likeness (QED) is 0.686. The highest BCUT2D eigenvalue weighted by Gasteiger charge is 2.17. The number of rotatable bonds is 5. The van der Waals surface area contributed by atoms with Crippen molar-refractivity contribution in [2.45, 2.75) is 32.2 Å². The first-order valence-electron chi connectivity index (χ1n) is 5.36. The van der Waals surface area contributed by atoms with Gasteiger partial charge in [-0.3, -0.25) is 4.90 Å². The Morgan fingerprint density at radius 3 is 2.92 bits per heavy atom. The molecule has 1 saturated heterocycles. The second-order valence-electron chi connectivity index (χ2n) is 3.81. The van der Waals surface area contributed by atoms with Crippen LogP contribution < -0.4 is 5.73 Å². The highest BCUT2D eigenvalue weighted by Crippen LogP contribution is 2.16. The first-order chi connectivity index (χ1) is 6.34. The molecule has 0 aromatic heterocycles. The van der Waals surface area contributed by atoms with Gasteiger partial charge in [0.2, 0.25) is 0 Å². The van der Waals surface area contributed by atoms with E-state index in [1.165, 1.54) is 43.9 Å². The van der Waals surface area contributed by atoms with Gasteiger partial charge in [-0.25, -0.2) is 0 Å². The average molecular weight is 202 g/mol. The zero-order chi connectivity index (χ0) is 9.52. The Morgan fingerprint density at radius 1 is 1.38 bits per heavy atom. The first-order valence-corrected chi connectivity index (χ1v) is 6.52. The summed E-state index contributed by atoms with van der Waals surface area (Å²) in [5.41, 5.74) is 5.46. The number of thioether (sulfide) groups is 1. The van der Waals surface area contributed by atoms with Crippen molar-refractivity contribution in [3.05, 3.63) is 0 Å². The lowest BCUT2D eigenvalue weighted by Crippen LogP contribution is -2.40. The number of hydrogen-bond donors (Lipinski definition) is 1. The minimum Gasteiger partial charge on any atom is -0.330 e. The van der Waals surface area contributed by atoms with Crippen LogP contribution in [0.2, 0.25) is 0 Å². The zero-order valence-electron chi connectivity index (χ0n) is 8.67. The zero-order valence-corrected chi connectivity index (χ0v) is 9.48. The molecule has 1 rings (SSSR count). The number of unbranched alkanes of at least 4 members (excludes halogenated alkanes) is 2. The smallest absolute Gasteiger partial charge is 0.0158 e. The molecule has 0 aromatic carbocycles. The third kappa shape index (κ3) is 4.34. The van der Waals surface area contributed by atoms with Gasteiger partial charge in [-0.2, -0.15) is 11.8 Å². The molecule has 1 fully saturated rings. The van der Waals surface area contributed by atoms with Crippen LogP contribution >= 0.6 is 11.8 Å². The van der Waals surface area contributed by atoms with Gasteiger partial charge in [0.1, 0.15) is 0 Å². The minimum atomic E-state index is 0.789. The van der Waals surface area contributed by atoms with Crippen LogP contribution in [0.5, 0.6) is 0 Å². The van der Waals surface area contributed by atoms with E-state index in [0.29, 0.717) is 0 Å². The average Bonchev–Trinajstić information content (AvgIpc) is 2.15. The van der Waals surface area contributed by atoms with Gasteiger partial charge in [0, 0.05) is 24.1 Å². The molecule has 78 valence electrons. The highest BCUT2D eigenvalue weighted by atomic mass is 32.2. The maximum absolute atomic E-state index is 5.46. The lowest BCUT2D eigenvalue weighted by atomic mass is 10.2. The Hall–Kier alpha value is 0.270. The molecule has 0 aliphatic carbocycles. The van der Waals surface area contributed by atoms with Crippen molar-refractivity contribution in [1.29, 1.82) is 0 Å². The Kier molecular flexibility index (Phi) is 5.83. The fraction of sp³-hybridized carbons (Fsp3) is 1.00. The van der Waals surface area contributed by atoms with E-state index in [2.05, 4.69) is 23.6 Å². The maximum atomic E-state index is 5.46. The number of nitrogens with zero attached hydrogens (tertiary/aromatic N) is 1. The van der Waals surface area contributed by atoms with Crippen molar-refractivity contribution in [2.75, 3.05) is 31.1 Å². The topological polar surface area (TPSA) is 29.3 Å². The van der Waals surface area contributed by atoms with Crippen molar-refractivity contribution >= 4 is 11.8 Å². The molecule has 0 spiro atoms. The predicted octanol–water partition coefficient (Wildman–Crippen LogP) is 1.55. The molecular weight excluding hydrogens is 180 g/mol. The highest BCUT2D eigenvalue weighted by molar-refractivity contribution is 7.99. The van der Waals surface area contributed by atoms with E-state index in [9.17, 15) is 0 Å². The molecule has 0 aromatic rings. The molecule has 0 amide bonds. The lowest BCUT2D eigenvalue weighted by molar-refractivity contribution is 0.228. The summed E-state index contributed by atoms with van der Waals surface area (Å²) >= 11 is 2.09. The normalized spacial score (nSPS) is 24.9. The molecular formula is C10H22N2S. The van der Waals surface area contributed by atoms with E-state index in [1.807, 2.05) is 0 Å². The van der Waals surface area contributed by atoms with Gasteiger partial charge >= 0.3 is 0 Å². The van der Waals surface area contributed by atoms with Crippen LogP contribution in [0.25, 0.3) is 0 Å². The summed E-state index contributed by atoms with van der Waals surface area (Å²) < 4.78 is 0. The molecule has 1 atom stereocenters. The fourth-order valence-corrected chi connectivity index (χ4v) is 2.81. The summed E-state index contributed by atoms with van der Waals surface area (Å²) in [4.78, 5) is 2.62. The molecule has 0 radical (unpaired) electrons. The Bertz CT molecular complexity index is 130. The van der Waals surface area contributed by atoms with Gasteiger partial charge in [0.25, 0.3) is 0 Å². The van der Waals surface area contributed by atoms with E-state index in [0.717, 1.165) is 12.6 Å². The van der Waals surface area contributed by atoms with E-state index in [-0.39, 0.29) is 0 Å². The summed E-state index contributed by atoms with van der Waals surface area (Å²) in [6, 6.07) is 0.789. The van der Waals surface area contributed by atoms with Gasteiger partial charge in [-0.15, -0.1) is 0 Å². The maximum Gasteiger partial charge on any atom is 0.0158 e. The van der Waals surface area contributed by atoms with Crippen LogP contribution in [-0.4, -0.2) is 42.1 Å². The Labute approximate surface area is 86.2 Å². The first kappa shape index (κ1) is 11.3. The lowest BCUT2D eigenvalue weighted by Gasteiger charge is -2.32. The van der Waals surface area contributed by atoms with Crippen LogP contribution in [0, 0.1) is 0 Å². The predicted molar refractivity (Wildman–Crippen MR) is 61.3 cm³/mol. The van der Waals surface area contributed by atoms with Crippen LogP contribution in [0.4, 0.5) is 0 Å². The number of hydrogen-bond acceptors (Lipinski definition) is 3. The van der Waals surface area contributed by atoms with Gasteiger partial charge < -0.3 is 5.73 Å². The molecule has 0 saturated carbocycles. The van der Waals surface area contributed by atoms with Crippen LogP contribution in [-0.2, 0) is 0 Å². The Morgan fingerprint density at radius 2 is 2.23 bits per heavy atom. The van der Waals surface area contributed by atoms with Crippen molar-refractivity contribution < 1.29 is 0 Å². The van der Waals surface area contributed by atoms with Crippen molar-refractivity contribution in [2.24, 2.45) is 5.73 Å². The monoisotopic (exact) mass is 202 g/mol. The molecule has 1 aliphatic heterocycles. The summed E-state index contributed by atoms with van der Waals surface area (Å²) in [5.74, 6) is 2.64. The third-order valence-corrected chi connectivity index (χ3v) is 3.84. The molecule has 1 unspecified atom stereocenters. The summed E-state index contributed by atoms with van der Waals surface area (Å²) in [5, 5.41) is 0. The SMILES string of the molecule is CC1CSCCN1CCCCCN. The second-order valence-corrected chi connectivity index (χ2v) is 4.96. The summed E-state index contributed by atoms with van der Waals surface area (Å²) in [6.45, 7) is 5.76. The largest absolute Gasteiger partial charge is 0.330 e. The summed E-state index contributed by atoms with van der Waals surface area (Å²) in [7, 11) is 0. The number of nitrogens with two attached hydrogens (primary N) is 1. The van der Waals surface area contributed by atoms with Crippen molar-refractivity contribution in [3.8, 4) is 0 Å². The van der Waals surface area contributed by atoms with Gasteiger partial charge in [-0.1, -0.05) is 6.42 Å². The van der Waals surface area contributed by atoms with E-state index in [4.69, 9.17) is 5.73 Å². The molecule has 13 heavy (non-hydrogen) atoms. The van der Waals surface area contributed by atoms with Crippen molar-refractivity contribution in [1.82, 2.24) is 4.90 Å². The van der Waals surface area contributed by atoms with E-state index in [1.54, 1.807) is 0 Å². The molecule has 2 N–H and O–H groups in total. The third-order valence-electron chi connectivity index (χ3n) is 2.65. The molecule has 0 bridgehead atoms. The van der Waals surface area contributed by atoms with Gasteiger partial charge in [0.15, 0.2) is 0 Å². The molecule has 3 heteroatoms. The molecule has 1 heterocycles. The van der Waals surface area contributed by atoms with Gasteiger partial charge in [-0.05, 0) is 32.9 Å². The second kappa shape index (κ2) is 6.68. The van der Waals surface area contributed by atoms with Crippen LogP contribution in [0.3, 0.4) is 0 Å². The Balaban J connectivity index is 2.05. The standard InChI is InChI=1S/C10H22N2S/c1-10-9-13-8-7-12(10)6-4-2-3-5-11/h10H,2-9,11H2,1H3. The van der Waals surface area contributed by atoms with Crippen molar-refractivity contribution in [3.63, 3.8) is 0 Å². The van der Waals surface area contributed by atoms with Crippen LogP contribution in [0.15, 0.2) is 0 Å². The van der Waals surface area contributed by atoms with E-state index >= 15 is 0 Å². The van der Waals surface area contributed by atoms with Crippen LogP contribution in [0.1, 0.15) is 26.2 Å². The summed E-state index contributed by atoms with van der Waals surface area (Å²) in [6.07, 6.45) is 3.82. The molecule has 1 aliphatic rings. The van der Waals surface area contributed by atoms with Gasteiger partial charge in [0.05, 0.1) is 0 Å². The minimum absolute atomic E-state index is 0.789. The fourth-order valence-electron chi connectivity index (χ4n) is 1.73.